The quantitative estimate of drug-likeness (QED) is 0.559. The van der Waals surface area contributed by atoms with E-state index in [9.17, 15) is 9.59 Å². The van der Waals surface area contributed by atoms with Crippen molar-refractivity contribution in [1.82, 2.24) is 4.98 Å². The molecule has 3 rings (SSSR count). The SMILES string of the molecule is COC(=O)c1c(SCc2cccc(OC)c2)[nH]c2ccccc2c1=O. The summed E-state index contributed by atoms with van der Waals surface area (Å²) in [6, 6.07) is 14.8. The van der Waals surface area contributed by atoms with Gasteiger partial charge in [-0.1, -0.05) is 24.3 Å². The van der Waals surface area contributed by atoms with Crippen LogP contribution in [-0.2, 0) is 10.5 Å². The maximum atomic E-state index is 12.7. The third-order valence-electron chi connectivity index (χ3n) is 3.78. The van der Waals surface area contributed by atoms with Gasteiger partial charge in [0.15, 0.2) is 0 Å². The number of pyridine rings is 1. The molecule has 0 saturated carbocycles. The first-order chi connectivity index (χ1) is 12.1. The Balaban J connectivity index is 2.01. The Morgan fingerprint density at radius 2 is 1.92 bits per heavy atom. The fraction of sp³-hybridized carbons (Fsp3) is 0.158. The zero-order chi connectivity index (χ0) is 17.8. The summed E-state index contributed by atoms with van der Waals surface area (Å²) < 4.78 is 10.0. The molecule has 5 nitrogen and oxygen atoms in total. The summed E-state index contributed by atoms with van der Waals surface area (Å²) in [5.74, 6) is 0.702. The molecule has 3 aromatic rings. The van der Waals surface area contributed by atoms with E-state index in [4.69, 9.17) is 9.47 Å². The lowest BCUT2D eigenvalue weighted by Crippen LogP contribution is -2.19. The Bertz CT molecular complexity index is 981. The summed E-state index contributed by atoms with van der Waals surface area (Å²) in [5.41, 5.74) is 1.42. The van der Waals surface area contributed by atoms with Gasteiger partial charge >= 0.3 is 5.97 Å². The molecule has 1 N–H and O–H groups in total. The van der Waals surface area contributed by atoms with Crippen LogP contribution in [0.15, 0.2) is 58.4 Å². The van der Waals surface area contributed by atoms with Crippen molar-refractivity contribution < 1.29 is 14.3 Å². The number of ether oxygens (including phenoxy) is 2. The zero-order valence-electron chi connectivity index (χ0n) is 13.9. The molecular formula is C19H17NO4S. The number of hydrogen-bond acceptors (Lipinski definition) is 5. The lowest BCUT2D eigenvalue weighted by atomic mass is 10.1. The van der Waals surface area contributed by atoms with Gasteiger partial charge in [0.1, 0.15) is 11.3 Å². The molecule has 128 valence electrons. The summed E-state index contributed by atoms with van der Waals surface area (Å²) in [7, 11) is 2.88. The van der Waals surface area contributed by atoms with Crippen molar-refractivity contribution in [2.75, 3.05) is 14.2 Å². The number of esters is 1. The van der Waals surface area contributed by atoms with Gasteiger partial charge in [0.05, 0.1) is 24.8 Å². The topological polar surface area (TPSA) is 68.4 Å². The highest BCUT2D eigenvalue weighted by molar-refractivity contribution is 7.98. The predicted molar refractivity (Wildman–Crippen MR) is 98.5 cm³/mol. The van der Waals surface area contributed by atoms with Gasteiger partial charge in [-0.25, -0.2) is 4.79 Å². The van der Waals surface area contributed by atoms with Crippen LogP contribution in [-0.4, -0.2) is 25.2 Å². The Morgan fingerprint density at radius 3 is 2.68 bits per heavy atom. The van der Waals surface area contributed by atoms with Gasteiger partial charge in [-0.3, -0.25) is 4.79 Å². The van der Waals surface area contributed by atoms with Gasteiger partial charge in [-0.15, -0.1) is 11.8 Å². The molecule has 0 aliphatic rings. The summed E-state index contributed by atoms with van der Waals surface area (Å²) in [5, 5.41) is 0.965. The minimum absolute atomic E-state index is 0.0362. The van der Waals surface area contributed by atoms with Crippen LogP contribution in [0.2, 0.25) is 0 Å². The molecular weight excluding hydrogens is 338 g/mol. The molecule has 0 amide bonds. The second kappa shape index (κ2) is 7.44. The first kappa shape index (κ1) is 17.1. The number of para-hydroxylation sites is 1. The third kappa shape index (κ3) is 3.53. The van der Waals surface area contributed by atoms with E-state index in [-0.39, 0.29) is 11.0 Å². The number of nitrogens with one attached hydrogen (secondary N) is 1. The van der Waals surface area contributed by atoms with Gasteiger partial charge in [0.2, 0.25) is 5.43 Å². The molecule has 0 atom stereocenters. The second-order valence-electron chi connectivity index (χ2n) is 5.34. The van der Waals surface area contributed by atoms with Crippen molar-refractivity contribution in [3.05, 3.63) is 69.9 Å². The van der Waals surface area contributed by atoms with Gasteiger partial charge in [0, 0.05) is 11.1 Å². The van der Waals surface area contributed by atoms with Crippen LogP contribution >= 0.6 is 11.8 Å². The molecule has 0 spiro atoms. The van der Waals surface area contributed by atoms with Crippen LogP contribution in [0.25, 0.3) is 10.9 Å². The molecule has 25 heavy (non-hydrogen) atoms. The van der Waals surface area contributed by atoms with E-state index in [2.05, 4.69) is 4.98 Å². The van der Waals surface area contributed by atoms with Gasteiger partial charge in [-0.2, -0.15) is 0 Å². The molecule has 2 aromatic carbocycles. The van der Waals surface area contributed by atoms with E-state index >= 15 is 0 Å². The van der Waals surface area contributed by atoms with Crippen LogP contribution in [0.3, 0.4) is 0 Å². The van der Waals surface area contributed by atoms with Crippen molar-refractivity contribution in [3.63, 3.8) is 0 Å². The zero-order valence-corrected chi connectivity index (χ0v) is 14.7. The largest absolute Gasteiger partial charge is 0.497 e. The first-order valence-corrected chi connectivity index (χ1v) is 8.61. The lowest BCUT2D eigenvalue weighted by molar-refractivity contribution is 0.0594. The predicted octanol–water partition coefficient (Wildman–Crippen LogP) is 3.62. The van der Waals surface area contributed by atoms with Crippen LogP contribution in [0.5, 0.6) is 5.75 Å². The Kier molecular flexibility index (Phi) is 5.09. The lowest BCUT2D eigenvalue weighted by Gasteiger charge is -2.10. The number of carbonyl (C=O) groups is 1. The molecule has 6 heteroatoms. The maximum absolute atomic E-state index is 12.7. The van der Waals surface area contributed by atoms with Crippen molar-refractivity contribution in [2.24, 2.45) is 0 Å². The number of hydrogen-bond donors (Lipinski definition) is 1. The second-order valence-corrected chi connectivity index (χ2v) is 6.32. The number of carbonyl (C=O) groups excluding carboxylic acids is 1. The fourth-order valence-corrected chi connectivity index (χ4v) is 3.52. The van der Waals surface area contributed by atoms with E-state index in [0.717, 1.165) is 11.3 Å². The number of thioether (sulfide) groups is 1. The number of H-pyrrole nitrogens is 1. The summed E-state index contributed by atoms with van der Waals surface area (Å²) in [4.78, 5) is 28.0. The molecule has 0 aliphatic carbocycles. The minimum Gasteiger partial charge on any atom is -0.497 e. The smallest absolute Gasteiger partial charge is 0.344 e. The molecule has 0 aliphatic heterocycles. The van der Waals surface area contributed by atoms with Crippen molar-refractivity contribution >= 4 is 28.6 Å². The molecule has 0 bridgehead atoms. The number of rotatable bonds is 5. The molecule has 1 heterocycles. The summed E-state index contributed by atoms with van der Waals surface area (Å²) >= 11 is 1.38. The van der Waals surface area contributed by atoms with Crippen LogP contribution < -0.4 is 10.2 Å². The standard InChI is InChI=1S/C19H17NO4S/c1-23-13-7-5-6-12(10-13)11-25-18-16(19(22)24-2)17(21)14-8-3-4-9-15(14)20-18/h3-10H,11H2,1-2H3,(H,20,21). The number of fused-ring (bicyclic) bond motifs is 1. The Hall–Kier alpha value is -2.73. The average Bonchev–Trinajstić information content (AvgIpc) is 2.66. The number of benzene rings is 2. The number of aromatic amines is 1. The Labute approximate surface area is 149 Å². The highest BCUT2D eigenvalue weighted by Crippen LogP contribution is 2.27. The first-order valence-electron chi connectivity index (χ1n) is 7.63. The monoisotopic (exact) mass is 355 g/mol. The summed E-state index contributed by atoms with van der Waals surface area (Å²) in [6.45, 7) is 0. The van der Waals surface area contributed by atoms with Gasteiger partial charge in [0.25, 0.3) is 0 Å². The van der Waals surface area contributed by atoms with E-state index in [0.29, 0.717) is 21.7 Å². The van der Waals surface area contributed by atoms with Crippen LogP contribution in [0.4, 0.5) is 0 Å². The van der Waals surface area contributed by atoms with Crippen LogP contribution in [0, 0.1) is 0 Å². The van der Waals surface area contributed by atoms with E-state index in [1.807, 2.05) is 36.4 Å². The number of aromatic nitrogens is 1. The van der Waals surface area contributed by atoms with Gasteiger partial charge < -0.3 is 14.5 Å². The van der Waals surface area contributed by atoms with Crippen molar-refractivity contribution in [1.29, 1.82) is 0 Å². The molecule has 0 unspecified atom stereocenters. The number of methoxy groups -OCH3 is 2. The van der Waals surface area contributed by atoms with E-state index in [1.165, 1.54) is 18.9 Å². The van der Waals surface area contributed by atoms with Crippen molar-refractivity contribution in [3.8, 4) is 5.75 Å². The maximum Gasteiger partial charge on any atom is 0.344 e. The highest BCUT2D eigenvalue weighted by atomic mass is 32.2. The molecule has 0 radical (unpaired) electrons. The average molecular weight is 355 g/mol. The normalized spacial score (nSPS) is 10.6. The molecule has 0 fully saturated rings. The van der Waals surface area contributed by atoms with Crippen molar-refractivity contribution in [2.45, 2.75) is 10.8 Å². The van der Waals surface area contributed by atoms with Gasteiger partial charge in [-0.05, 0) is 29.8 Å². The van der Waals surface area contributed by atoms with E-state index < -0.39 is 5.97 Å². The third-order valence-corrected chi connectivity index (χ3v) is 4.85. The van der Waals surface area contributed by atoms with E-state index in [1.54, 1.807) is 19.2 Å². The Morgan fingerprint density at radius 1 is 1.12 bits per heavy atom. The highest BCUT2D eigenvalue weighted by Gasteiger charge is 2.20. The summed E-state index contributed by atoms with van der Waals surface area (Å²) in [6.07, 6.45) is 0. The van der Waals surface area contributed by atoms with Crippen LogP contribution in [0.1, 0.15) is 15.9 Å². The fourth-order valence-electron chi connectivity index (χ4n) is 2.53. The minimum atomic E-state index is -0.639. The molecule has 0 saturated heterocycles. The molecule has 1 aromatic heterocycles.